The second-order valence-corrected chi connectivity index (χ2v) is 25.3. The van der Waals surface area contributed by atoms with E-state index in [0.29, 0.717) is 90.1 Å². The Bertz CT molecular complexity index is 4660. The average Bonchev–Trinajstić information content (AvgIpc) is 1.12. The molecular formula is C79H93N13O38. The van der Waals surface area contributed by atoms with Gasteiger partial charge in [0.25, 0.3) is 29.0 Å². The number of azide groups is 1. The lowest BCUT2D eigenvalue weighted by Gasteiger charge is -2.16. The van der Waals surface area contributed by atoms with Gasteiger partial charge in [0.15, 0.2) is 23.1 Å². The van der Waals surface area contributed by atoms with Crippen LogP contribution in [0.4, 0.5) is 41.9 Å². The number of benzene rings is 4. The summed E-state index contributed by atoms with van der Waals surface area (Å²) >= 11 is 0. The molecule has 2 aromatic heterocycles. The average molecular weight is 1830 g/mol. The number of ether oxygens (including phenoxy) is 15. The Labute approximate surface area is 737 Å². The molecule has 6 rings (SSSR count). The van der Waals surface area contributed by atoms with E-state index in [0.717, 1.165) is 24.3 Å². The number of terminal acetylenes is 2. The highest BCUT2D eigenvalue weighted by Gasteiger charge is 2.34. The van der Waals surface area contributed by atoms with Gasteiger partial charge in [-0.05, 0) is 63.4 Å². The molecule has 4 N–H and O–H groups in total. The van der Waals surface area contributed by atoms with Crippen LogP contribution in [0.3, 0.4) is 0 Å². The van der Waals surface area contributed by atoms with Crippen molar-refractivity contribution in [3.05, 3.63) is 192 Å². The summed E-state index contributed by atoms with van der Waals surface area (Å²) in [5, 5.41) is 99.3. The number of carbonyl (C=O) groups excluding carboxylic acids is 11. The maximum atomic E-state index is 12.9. The third-order valence-electron chi connectivity index (χ3n) is 16.1. The van der Waals surface area contributed by atoms with Crippen LogP contribution in [0.2, 0.25) is 0 Å². The van der Waals surface area contributed by atoms with Crippen molar-refractivity contribution in [3.8, 4) is 24.7 Å². The topological polar surface area (TPSA) is 690 Å². The summed E-state index contributed by atoms with van der Waals surface area (Å²) in [4.78, 5) is 181. The Balaban J connectivity index is 0.000000584. The Hall–Kier alpha value is -15.0. The smallest absolute Gasteiger partial charge is 0.462 e. The third kappa shape index (κ3) is 42.4. The number of nitrogens with zero attached hydrogens (tertiary/aromatic N) is 13. The molecule has 0 spiro atoms. The number of ketones is 4. The number of aliphatic hydroxyl groups is 4. The summed E-state index contributed by atoms with van der Waals surface area (Å²) in [6, 6.07) is 13.8. The molecule has 2 heterocycles. The van der Waals surface area contributed by atoms with Crippen molar-refractivity contribution in [2.24, 2.45) is 5.11 Å². The van der Waals surface area contributed by atoms with Crippen LogP contribution in [0.1, 0.15) is 147 Å². The zero-order chi connectivity index (χ0) is 96.3. The van der Waals surface area contributed by atoms with Crippen molar-refractivity contribution in [1.82, 2.24) is 30.0 Å². The van der Waals surface area contributed by atoms with Gasteiger partial charge in [0.1, 0.15) is 26.4 Å². The summed E-state index contributed by atoms with van der Waals surface area (Å²) in [6.07, 6.45) is 1.88. The number of hydrogen-bond donors (Lipinski definition) is 4. The minimum Gasteiger partial charge on any atom is -0.462 e. The van der Waals surface area contributed by atoms with Crippen LogP contribution in [0.15, 0.2) is 90.3 Å². The summed E-state index contributed by atoms with van der Waals surface area (Å²) < 4.78 is 75.8. The first-order valence-electron chi connectivity index (χ1n) is 38.8. The third-order valence-corrected chi connectivity index (χ3v) is 16.1. The lowest BCUT2D eigenvalue weighted by molar-refractivity contribution is -0.386. The molecule has 0 saturated heterocycles. The molecule has 0 aliphatic rings. The number of methoxy groups -OCH3 is 1. The van der Waals surface area contributed by atoms with Crippen LogP contribution in [-0.2, 0) is 138 Å². The maximum Gasteiger partial charge on any atom is 0.512 e. The summed E-state index contributed by atoms with van der Waals surface area (Å²) in [5.74, 6) is -0.940. The van der Waals surface area contributed by atoms with Crippen molar-refractivity contribution >= 4 is 88.4 Å². The molecule has 0 aliphatic carbocycles. The Morgan fingerprint density at radius 2 is 0.777 bits per heavy atom. The quantitative estimate of drug-likeness (QED) is 0.00246. The van der Waals surface area contributed by atoms with E-state index in [2.05, 4.69) is 52.0 Å². The van der Waals surface area contributed by atoms with E-state index in [9.17, 15) is 93.2 Å². The molecule has 0 bridgehead atoms. The van der Waals surface area contributed by atoms with Gasteiger partial charge in [-0.3, -0.25) is 59.6 Å². The van der Waals surface area contributed by atoms with Gasteiger partial charge in [-0.25, -0.2) is 42.9 Å². The van der Waals surface area contributed by atoms with Crippen LogP contribution >= 0.6 is 0 Å². The van der Waals surface area contributed by atoms with Crippen molar-refractivity contribution in [3.63, 3.8) is 0 Å². The second-order valence-electron chi connectivity index (χ2n) is 25.3. The maximum absolute atomic E-state index is 12.9. The first-order chi connectivity index (χ1) is 62.3. The fourth-order valence-electron chi connectivity index (χ4n) is 9.83. The van der Waals surface area contributed by atoms with Gasteiger partial charge in [0, 0.05) is 155 Å². The van der Waals surface area contributed by atoms with Gasteiger partial charge in [0.2, 0.25) is 0 Å². The number of nitro benzene ring substituents is 4. The van der Waals surface area contributed by atoms with E-state index in [-0.39, 0.29) is 129 Å². The van der Waals surface area contributed by atoms with Crippen LogP contribution in [-0.4, -0.2) is 248 Å². The van der Waals surface area contributed by atoms with E-state index in [1.165, 1.54) is 67.1 Å². The predicted octanol–water partition coefficient (Wildman–Crippen LogP) is 7.42. The highest BCUT2D eigenvalue weighted by Crippen LogP contribution is 2.28. The molecule has 1 unspecified atom stereocenters. The number of Topliss-reactive ketones (excluding diaryl/α,β-unsaturated/α-hetero) is 4. The van der Waals surface area contributed by atoms with Gasteiger partial charge >= 0.3 is 55.1 Å². The number of aryl methyl sites for hydroxylation is 2. The molecule has 51 nitrogen and oxygen atoms in total. The number of aliphatic hydroxyl groups excluding tert-OH is 3. The molecule has 0 aliphatic heterocycles. The minimum atomic E-state index is -2.41. The fourth-order valence-corrected chi connectivity index (χ4v) is 9.83. The van der Waals surface area contributed by atoms with Crippen LogP contribution in [0.5, 0.6) is 0 Å². The number of aromatic nitrogens is 6. The minimum absolute atomic E-state index is 0.000590. The zero-order valence-corrected chi connectivity index (χ0v) is 70.5. The fraction of sp³-hybridized carbons (Fsp3) is 0.456. The van der Waals surface area contributed by atoms with Crippen molar-refractivity contribution in [2.45, 2.75) is 143 Å². The summed E-state index contributed by atoms with van der Waals surface area (Å²) in [6.45, 7) is 5.27. The van der Waals surface area contributed by atoms with Crippen LogP contribution in [0.25, 0.3) is 10.4 Å². The highest BCUT2D eigenvalue weighted by atomic mass is 16.9. The lowest BCUT2D eigenvalue weighted by atomic mass is 10.0. The van der Waals surface area contributed by atoms with Crippen LogP contribution in [0, 0.1) is 65.1 Å². The van der Waals surface area contributed by atoms with E-state index in [1.54, 1.807) is 31.1 Å². The molecular weight excluding hydrogens is 1740 g/mol. The molecule has 130 heavy (non-hydrogen) atoms. The highest BCUT2D eigenvalue weighted by molar-refractivity contribution is 5.99. The number of carbonyl (C=O) groups is 11. The Morgan fingerprint density at radius 3 is 1.06 bits per heavy atom. The first-order valence-corrected chi connectivity index (χ1v) is 38.8. The number of hydrogen-bond acceptors (Lipinski definition) is 43. The monoisotopic (exact) mass is 1830 g/mol. The predicted molar refractivity (Wildman–Crippen MR) is 435 cm³/mol. The molecule has 0 amide bonds. The SMILES string of the molecule is C#CCCC(=O)c1ccc(COC(=O)OC(OC(=O)OCc2ccc(C(=O)CCC#C)cc2[N+](=O)[O-])C(=O)OCC)c([N+](=O)[O-])c1.CCOC(=O)C(O)O.CCOC(=O)C(OC(=O)OCc1ccc(C(=O)CCc2cn(CCOCCCO)nn2)cc1[N+](=O)[O-])OC(=O)OCc1ccc(C(=O)CCc2cn(CCOCCOC)nn2)cc1[N+](=O)[O-].[N-]=[N+]=NCCOCCCO. The normalized spacial score (nSPS) is 10.6. The molecule has 6 aromatic rings. The summed E-state index contributed by atoms with van der Waals surface area (Å²) in [5.41, 5.74) is 5.99. The van der Waals surface area contributed by atoms with Gasteiger partial charge in [-0.2, -0.15) is 0 Å². The molecule has 0 fully saturated rings. The van der Waals surface area contributed by atoms with Crippen LogP contribution < -0.4 is 0 Å². The van der Waals surface area contributed by atoms with Crippen molar-refractivity contribution in [2.75, 3.05) is 92.9 Å². The number of esters is 3. The van der Waals surface area contributed by atoms with E-state index in [4.69, 9.17) is 100 Å². The van der Waals surface area contributed by atoms with Crippen molar-refractivity contribution in [1.29, 1.82) is 0 Å². The molecule has 0 saturated carbocycles. The van der Waals surface area contributed by atoms with E-state index >= 15 is 0 Å². The van der Waals surface area contributed by atoms with Gasteiger partial charge in [-0.1, -0.05) is 39.8 Å². The molecule has 4 aromatic carbocycles. The standard InChI is InChI=1S/C40H48N8O18.C30H26N2O14.C5H11N3O2.C4H8O4/c1-3-62-37(52)38(65-39(53)63-25-29-7-5-27(21-33(29)47(55)56)35(50)11-9-31-23-45(43-41-31)13-17-60-16-4-15-49)66-40(54)64-26-30-8-6-28(22-34(30)48(57)58)36(51)12-10-32-24-46(44-42-32)14-18-61-20-19-59-2;1-4-7-9-25(33)19-11-13-21(23(15-19)31(38)39)17-43-29(36)45-28(27(35)42-6-3)46-30(37)44-18-22-14-12-20(16-24(22)32(40)41)26(34)10-8-5-2;6-8-7-2-5-10-4-1-3-9;1-2-8-4(7)3(5)6/h5-8,21-24,38,49H,3-4,9-20,25-26H2,1-2H3;1-2,11-16,28H,6-10,17-18H2,3H3;9H,1-5H2;3,5-6H,2H2,1H3. The van der Waals surface area contributed by atoms with Gasteiger partial charge in [-0.15, -0.1) is 34.9 Å². The molecule has 1 atom stereocenters. The Morgan fingerprint density at radius 1 is 0.462 bits per heavy atom. The van der Waals surface area contributed by atoms with E-state index < -0.39 is 153 Å². The van der Waals surface area contributed by atoms with E-state index in [1.807, 2.05) is 0 Å². The van der Waals surface area contributed by atoms with Crippen molar-refractivity contribution < 1.29 is 164 Å². The second kappa shape index (κ2) is 62.2. The first kappa shape index (κ1) is 109. The molecule has 702 valence electrons. The van der Waals surface area contributed by atoms with Gasteiger partial charge in [0.05, 0.1) is 119 Å². The lowest BCUT2D eigenvalue weighted by Crippen LogP contribution is -2.34. The van der Waals surface area contributed by atoms with Gasteiger partial charge < -0.3 is 91.5 Å². The zero-order valence-electron chi connectivity index (χ0n) is 70.5. The Kier molecular flexibility index (Phi) is 52.3. The largest absolute Gasteiger partial charge is 0.512 e. The molecule has 0 radical (unpaired) electrons. The summed E-state index contributed by atoms with van der Waals surface area (Å²) in [7, 11) is 1.56. The molecule has 51 heteroatoms. The number of rotatable bonds is 54. The number of nitro groups is 4.